The predicted octanol–water partition coefficient (Wildman–Crippen LogP) is 3.25. The van der Waals surface area contributed by atoms with E-state index >= 15 is 0 Å². The van der Waals surface area contributed by atoms with Crippen molar-refractivity contribution in [2.45, 2.75) is 6.92 Å². The number of H-pyrrole nitrogens is 1. The number of carbonyl (C=O) groups excluding carboxylic acids is 1. The molecule has 0 bridgehead atoms. The Hall–Kier alpha value is -3.46. The van der Waals surface area contributed by atoms with Crippen molar-refractivity contribution in [2.75, 3.05) is 0 Å². The van der Waals surface area contributed by atoms with Crippen molar-refractivity contribution in [1.29, 1.82) is 5.26 Å². The molecule has 0 aliphatic carbocycles. The molecule has 1 aromatic heterocycles. The maximum atomic E-state index is 13.8. The number of rotatable bonds is 3. The highest BCUT2D eigenvalue weighted by molar-refractivity contribution is 6.01. The van der Waals surface area contributed by atoms with E-state index in [9.17, 15) is 9.18 Å². The third-order valence-corrected chi connectivity index (χ3v) is 3.65. The van der Waals surface area contributed by atoms with Crippen molar-refractivity contribution >= 4 is 23.0 Å². The average Bonchev–Trinajstić information content (AvgIpc) is 2.90. The highest BCUT2D eigenvalue weighted by Gasteiger charge is 2.12. The Morgan fingerprint density at radius 1 is 1.33 bits per heavy atom. The Labute approximate surface area is 137 Å². The summed E-state index contributed by atoms with van der Waals surface area (Å²) in [5, 5.41) is 13.6. The first kappa shape index (κ1) is 15.4. The van der Waals surface area contributed by atoms with Crippen LogP contribution in [0.5, 0.6) is 0 Å². The van der Waals surface area contributed by atoms with Crippen LogP contribution in [-0.4, -0.2) is 17.1 Å². The molecule has 0 atom stereocenters. The molecule has 0 saturated heterocycles. The Balaban J connectivity index is 1.80. The summed E-state index contributed by atoms with van der Waals surface area (Å²) >= 11 is 0. The van der Waals surface area contributed by atoms with Crippen LogP contribution in [0.1, 0.15) is 27.2 Å². The van der Waals surface area contributed by atoms with Crippen LogP contribution in [0.2, 0.25) is 0 Å². The van der Waals surface area contributed by atoms with Gasteiger partial charge in [0.1, 0.15) is 5.82 Å². The van der Waals surface area contributed by atoms with Crippen LogP contribution < -0.4 is 5.43 Å². The van der Waals surface area contributed by atoms with Crippen molar-refractivity contribution in [3.8, 4) is 6.07 Å². The SMILES string of the molecule is Cc1[nH]c2ccccc2c1/C=N\NC(=O)c1ccc(C#N)cc1F. The standard InChI is InChI=1S/C18H13FN4O/c1-11-15(13-4-2-3-5-17(13)22-11)10-21-23-18(24)14-7-6-12(9-20)8-16(14)19/h2-8,10,22H,1H3,(H,23,24)/b21-10-. The summed E-state index contributed by atoms with van der Waals surface area (Å²) in [4.78, 5) is 15.2. The van der Waals surface area contributed by atoms with E-state index in [4.69, 9.17) is 5.26 Å². The number of benzene rings is 2. The molecule has 0 aliphatic rings. The third-order valence-electron chi connectivity index (χ3n) is 3.65. The minimum absolute atomic E-state index is 0.155. The number of hydrogen-bond donors (Lipinski definition) is 2. The fourth-order valence-electron chi connectivity index (χ4n) is 2.45. The average molecular weight is 320 g/mol. The Kier molecular flexibility index (Phi) is 4.08. The van der Waals surface area contributed by atoms with Gasteiger partial charge >= 0.3 is 0 Å². The molecule has 0 aliphatic heterocycles. The number of nitrogens with zero attached hydrogens (tertiary/aromatic N) is 2. The molecule has 2 N–H and O–H groups in total. The van der Waals surface area contributed by atoms with E-state index in [0.29, 0.717) is 0 Å². The summed E-state index contributed by atoms with van der Waals surface area (Å²) in [6, 6.07) is 13.2. The Morgan fingerprint density at radius 3 is 2.88 bits per heavy atom. The van der Waals surface area contributed by atoms with Gasteiger partial charge in [0.15, 0.2) is 0 Å². The van der Waals surface area contributed by atoms with E-state index in [1.807, 2.05) is 37.3 Å². The monoisotopic (exact) mass is 320 g/mol. The summed E-state index contributed by atoms with van der Waals surface area (Å²) in [5.74, 6) is -1.43. The van der Waals surface area contributed by atoms with Gasteiger partial charge in [-0.15, -0.1) is 0 Å². The molecule has 0 saturated carbocycles. The summed E-state index contributed by atoms with van der Waals surface area (Å²) in [7, 11) is 0. The maximum Gasteiger partial charge on any atom is 0.274 e. The van der Waals surface area contributed by atoms with Gasteiger partial charge in [-0.1, -0.05) is 18.2 Å². The van der Waals surface area contributed by atoms with Gasteiger partial charge in [0.2, 0.25) is 0 Å². The zero-order chi connectivity index (χ0) is 17.1. The number of para-hydroxylation sites is 1. The van der Waals surface area contributed by atoms with Gasteiger partial charge in [-0.05, 0) is 31.2 Å². The third kappa shape index (κ3) is 2.88. The van der Waals surface area contributed by atoms with Crippen LogP contribution in [-0.2, 0) is 0 Å². The van der Waals surface area contributed by atoms with Crippen molar-refractivity contribution in [3.63, 3.8) is 0 Å². The number of nitrogens with one attached hydrogen (secondary N) is 2. The van der Waals surface area contributed by atoms with E-state index < -0.39 is 11.7 Å². The molecule has 5 nitrogen and oxygen atoms in total. The quantitative estimate of drug-likeness (QED) is 0.574. The molecule has 2 aromatic carbocycles. The largest absolute Gasteiger partial charge is 0.358 e. The minimum atomic E-state index is -0.759. The molecular weight excluding hydrogens is 307 g/mol. The lowest BCUT2D eigenvalue weighted by Crippen LogP contribution is -2.19. The summed E-state index contributed by atoms with van der Waals surface area (Å²) in [5.41, 5.74) is 5.03. The second kappa shape index (κ2) is 6.34. The van der Waals surface area contributed by atoms with Gasteiger partial charge < -0.3 is 4.98 Å². The van der Waals surface area contributed by atoms with Crippen LogP contribution in [0.3, 0.4) is 0 Å². The zero-order valence-corrected chi connectivity index (χ0v) is 12.8. The molecule has 3 aromatic rings. The van der Waals surface area contributed by atoms with Crippen molar-refractivity contribution in [3.05, 3.63) is 70.7 Å². The molecule has 0 radical (unpaired) electrons. The normalized spacial score (nSPS) is 10.9. The summed E-state index contributed by atoms with van der Waals surface area (Å²) in [6.45, 7) is 1.91. The first-order valence-electron chi connectivity index (χ1n) is 7.20. The fraction of sp³-hybridized carbons (Fsp3) is 0.0556. The zero-order valence-electron chi connectivity index (χ0n) is 12.8. The number of aromatic amines is 1. The van der Waals surface area contributed by atoms with E-state index in [1.165, 1.54) is 18.3 Å². The molecule has 6 heteroatoms. The summed E-state index contributed by atoms with van der Waals surface area (Å²) in [6.07, 6.45) is 1.52. The topological polar surface area (TPSA) is 81.0 Å². The molecule has 0 spiro atoms. The fourth-order valence-corrected chi connectivity index (χ4v) is 2.45. The Morgan fingerprint density at radius 2 is 2.12 bits per heavy atom. The van der Waals surface area contributed by atoms with Gasteiger partial charge in [0.05, 0.1) is 23.4 Å². The molecule has 118 valence electrons. The molecule has 1 heterocycles. The first-order chi connectivity index (χ1) is 11.6. The van der Waals surface area contributed by atoms with Crippen molar-refractivity contribution in [2.24, 2.45) is 5.10 Å². The number of hydrazone groups is 1. The van der Waals surface area contributed by atoms with Gasteiger partial charge in [-0.3, -0.25) is 4.79 Å². The smallest absolute Gasteiger partial charge is 0.274 e. The van der Waals surface area contributed by atoms with Gasteiger partial charge in [0, 0.05) is 22.2 Å². The predicted molar refractivity (Wildman–Crippen MR) is 89.2 cm³/mol. The highest BCUT2D eigenvalue weighted by atomic mass is 19.1. The van der Waals surface area contributed by atoms with Crippen LogP contribution >= 0.6 is 0 Å². The highest BCUT2D eigenvalue weighted by Crippen LogP contribution is 2.19. The first-order valence-corrected chi connectivity index (χ1v) is 7.20. The number of carbonyl (C=O) groups is 1. The second-order valence-electron chi connectivity index (χ2n) is 5.21. The van der Waals surface area contributed by atoms with Crippen LogP contribution in [0.15, 0.2) is 47.6 Å². The second-order valence-corrected chi connectivity index (χ2v) is 5.21. The van der Waals surface area contributed by atoms with Crippen molar-refractivity contribution < 1.29 is 9.18 Å². The molecule has 24 heavy (non-hydrogen) atoms. The lowest BCUT2D eigenvalue weighted by Gasteiger charge is -2.01. The number of hydrogen-bond acceptors (Lipinski definition) is 3. The molecule has 1 amide bonds. The lowest BCUT2D eigenvalue weighted by molar-refractivity contribution is 0.0951. The van der Waals surface area contributed by atoms with Crippen LogP contribution in [0.25, 0.3) is 10.9 Å². The van der Waals surface area contributed by atoms with Gasteiger partial charge in [-0.2, -0.15) is 10.4 Å². The van der Waals surface area contributed by atoms with Gasteiger partial charge in [0.25, 0.3) is 5.91 Å². The molecule has 0 fully saturated rings. The maximum absolute atomic E-state index is 13.8. The van der Waals surface area contributed by atoms with E-state index in [-0.39, 0.29) is 11.1 Å². The molecule has 0 unspecified atom stereocenters. The Bertz CT molecular complexity index is 998. The number of aromatic nitrogens is 1. The van der Waals surface area contributed by atoms with E-state index in [2.05, 4.69) is 15.5 Å². The molecule has 3 rings (SSSR count). The number of nitriles is 1. The minimum Gasteiger partial charge on any atom is -0.358 e. The number of fused-ring (bicyclic) bond motifs is 1. The van der Waals surface area contributed by atoms with Crippen molar-refractivity contribution in [1.82, 2.24) is 10.4 Å². The summed E-state index contributed by atoms with van der Waals surface area (Å²) < 4.78 is 13.8. The van der Waals surface area contributed by atoms with E-state index in [1.54, 1.807) is 0 Å². The number of halogens is 1. The lowest BCUT2D eigenvalue weighted by atomic mass is 10.1. The van der Waals surface area contributed by atoms with Gasteiger partial charge in [-0.25, -0.2) is 9.82 Å². The number of amides is 1. The van der Waals surface area contributed by atoms with E-state index in [0.717, 1.165) is 28.2 Å². The molecular formula is C18H13FN4O. The van der Waals surface area contributed by atoms with Crippen LogP contribution in [0.4, 0.5) is 4.39 Å². The van der Waals surface area contributed by atoms with Crippen LogP contribution in [0, 0.1) is 24.1 Å². The number of aryl methyl sites for hydroxylation is 1.